The van der Waals surface area contributed by atoms with E-state index in [1.165, 1.54) is 22.5 Å². The maximum atomic E-state index is 11.5. The van der Waals surface area contributed by atoms with Crippen LogP contribution >= 0.6 is 0 Å². The molecule has 5 heteroatoms. The van der Waals surface area contributed by atoms with E-state index < -0.39 is 0 Å². The van der Waals surface area contributed by atoms with Gasteiger partial charge in [0.1, 0.15) is 0 Å². The molecule has 29 heavy (non-hydrogen) atoms. The molecule has 1 atom stereocenters. The summed E-state index contributed by atoms with van der Waals surface area (Å²) in [6, 6.07) is 15.2. The van der Waals surface area contributed by atoms with Crippen LogP contribution in [0.4, 0.5) is 5.69 Å². The Morgan fingerprint density at radius 1 is 1.10 bits per heavy atom. The predicted molar refractivity (Wildman–Crippen MR) is 121 cm³/mol. The highest BCUT2D eigenvalue weighted by molar-refractivity contribution is 5.87. The first kappa shape index (κ1) is 25.0. The average molecular weight is 418 g/mol. The molecule has 1 amide bonds. The van der Waals surface area contributed by atoms with Gasteiger partial charge in [-0.25, -0.2) is 0 Å². The number of hydrogen-bond donors (Lipinski definition) is 2. The van der Waals surface area contributed by atoms with Gasteiger partial charge in [0, 0.05) is 31.1 Å². The molecule has 0 spiro atoms. The lowest BCUT2D eigenvalue weighted by Crippen LogP contribution is -3.00. The van der Waals surface area contributed by atoms with E-state index >= 15 is 0 Å². The normalized spacial score (nSPS) is 12.1. The molecule has 2 aromatic rings. The number of anilines is 1. The van der Waals surface area contributed by atoms with Gasteiger partial charge in [-0.2, -0.15) is 0 Å². The summed E-state index contributed by atoms with van der Waals surface area (Å²) in [6.45, 7) is 15.6. The Balaban J connectivity index is 0.00000420. The monoisotopic (exact) mass is 417 g/mol. The summed E-state index contributed by atoms with van der Waals surface area (Å²) < 4.78 is 1.09. The van der Waals surface area contributed by atoms with Crippen molar-refractivity contribution < 1.29 is 21.7 Å². The number of rotatable bonds is 12. The summed E-state index contributed by atoms with van der Waals surface area (Å²) in [6.07, 6.45) is 3.46. The van der Waals surface area contributed by atoms with Crippen molar-refractivity contribution in [3.8, 4) is 0 Å². The lowest BCUT2D eigenvalue weighted by molar-refractivity contribution is -0.925. The lowest BCUT2D eigenvalue weighted by atomic mass is 10.1. The molecule has 0 fully saturated rings. The van der Waals surface area contributed by atoms with E-state index in [0.29, 0.717) is 0 Å². The van der Waals surface area contributed by atoms with Crippen molar-refractivity contribution in [3.63, 3.8) is 0 Å². The Labute approximate surface area is 182 Å². The number of hydrogen-bond acceptors (Lipinski definition) is 2. The minimum Gasteiger partial charge on any atom is -1.00 e. The second-order valence-corrected chi connectivity index (χ2v) is 7.67. The number of fused-ring (bicyclic) bond motifs is 1. The standard InChI is InChI=1S/C24H35N3O.ClH/c1-5-24(28)26-20(4)15-18-27(6-2,7-3)17-10-16-25-23-14-13-21-11-8-9-12-22(21)19-23;/h5,8-9,11-14,19-20,25H,1,6-7,10,15-18H2,2-4H3;1H. The molecule has 0 saturated heterocycles. The van der Waals surface area contributed by atoms with Gasteiger partial charge in [0.15, 0.2) is 0 Å². The molecule has 0 saturated carbocycles. The molecule has 2 aromatic carbocycles. The zero-order valence-corrected chi connectivity index (χ0v) is 18.8. The summed E-state index contributed by atoms with van der Waals surface area (Å²) in [5, 5.41) is 9.10. The molecule has 4 nitrogen and oxygen atoms in total. The molecule has 2 rings (SSSR count). The Bertz CT molecular complexity index is 774. The highest BCUT2D eigenvalue weighted by Crippen LogP contribution is 2.19. The number of benzene rings is 2. The Hall–Kier alpha value is -2.04. The molecular weight excluding hydrogens is 382 g/mol. The van der Waals surface area contributed by atoms with Crippen LogP contribution in [0.2, 0.25) is 0 Å². The van der Waals surface area contributed by atoms with Gasteiger partial charge in [0.2, 0.25) is 5.91 Å². The Morgan fingerprint density at radius 2 is 1.79 bits per heavy atom. The minimum atomic E-state index is -0.0850. The molecule has 1 unspecified atom stereocenters. The van der Waals surface area contributed by atoms with Crippen molar-refractivity contribution in [2.24, 2.45) is 0 Å². The summed E-state index contributed by atoms with van der Waals surface area (Å²) in [5.41, 5.74) is 1.19. The third-order valence-corrected chi connectivity index (χ3v) is 5.84. The molecule has 0 aliphatic rings. The van der Waals surface area contributed by atoms with E-state index in [0.717, 1.165) is 50.0 Å². The van der Waals surface area contributed by atoms with Crippen molar-refractivity contribution in [3.05, 3.63) is 55.1 Å². The maximum absolute atomic E-state index is 11.5. The van der Waals surface area contributed by atoms with Crippen molar-refractivity contribution in [2.45, 2.75) is 39.7 Å². The van der Waals surface area contributed by atoms with E-state index in [4.69, 9.17) is 0 Å². The summed E-state index contributed by atoms with van der Waals surface area (Å²) in [7, 11) is 0. The minimum absolute atomic E-state index is 0. The fourth-order valence-electron chi connectivity index (χ4n) is 3.76. The molecule has 0 bridgehead atoms. The number of nitrogens with zero attached hydrogens (tertiary/aromatic N) is 1. The molecule has 0 aliphatic carbocycles. The Morgan fingerprint density at radius 3 is 2.45 bits per heavy atom. The van der Waals surface area contributed by atoms with Crippen LogP contribution in [0, 0.1) is 0 Å². The van der Waals surface area contributed by atoms with E-state index in [9.17, 15) is 4.79 Å². The summed E-state index contributed by atoms with van der Waals surface area (Å²) in [5.74, 6) is -0.0850. The van der Waals surface area contributed by atoms with Crippen molar-refractivity contribution >= 4 is 22.4 Å². The number of carbonyl (C=O) groups excluding carboxylic acids is 1. The summed E-state index contributed by atoms with van der Waals surface area (Å²) in [4.78, 5) is 11.5. The molecular formula is C24H36ClN3O. The smallest absolute Gasteiger partial charge is 0.243 e. The zero-order chi connectivity index (χ0) is 20.4. The second kappa shape index (κ2) is 12.5. The zero-order valence-electron chi connectivity index (χ0n) is 18.1. The van der Waals surface area contributed by atoms with Crippen LogP contribution in [0.5, 0.6) is 0 Å². The van der Waals surface area contributed by atoms with Gasteiger partial charge in [-0.3, -0.25) is 4.79 Å². The predicted octanol–water partition coefficient (Wildman–Crippen LogP) is 1.58. The van der Waals surface area contributed by atoms with Gasteiger partial charge < -0.3 is 27.5 Å². The fraction of sp³-hybridized carbons (Fsp3) is 0.458. The Kier molecular flexibility index (Phi) is 10.8. The van der Waals surface area contributed by atoms with Crippen LogP contribution in [-0.4, -0.2) is 49.2 Å². The van der Waals surface area contributed by atoms with Crippen molar-refractivity contribution in [1.82, 2.24) is 5.32 Å². The number of quaternary nitrogens is 1. The maximum Gasteiger partial charge on any atom is 0.243 e. The molecule has 0 aliphatic heterocycles. The molecule has 160 valence electrons. The van der Waals surface area contributed by atoms with E-state index in [2.05, 4.69) is 80.4 Å². The van der Waals surface area contributed by atoms with E-state index in [1.807, 2.05) is 0 Å². The molecule has 0 radical (unpaired) electrons. The quantitative estimate of drug-likeness (QED) is 0.313. The third-order valence-electron chi connectivity index (χ3n) is 5.84. The van der Waals surface area contributed by atoms with Gasteiger partial charge in [-0.05, 0) is 49.8 Å². The van der Waals surface area contributed by atoms with Crippen LogP contribution in [0.15, 0.2) is 55.1 Å². The molecule has 0 aromatic heterocycles. The molecule has 0 heterocycles. The van der Waals surface area contributed by atoms with Gasteiger partial charge in [-0.15, -0.1) is 0 Å². The number of halogens is 1. The van der Waals surface area contributed by atoms with Gasteiger partial charge in [0.05, 0.1) is 26.2 Å². The van der Waals surface area contributed by atoms with Gasteiger partial charge in [0.25, 0.3) is 0 Å². The van der Waals surface area contributed by atoms with Crippen LogP contribution in [0.3, 0.4) is 0 Å². The largest absolute Gasteiger partial charge is 1.00 e. The van der Waals surface area contributed by atoms with Crippen LogP contribution in [0.25, 0.3) is 10.8 Å². The van der Waals surface area contributed by atoms with Crippen molar-refractivity contribution in [1.29, 1.82) is 0 Å². The average Bonchev–Trinajstić information content (AvgIpc) is 2.73. The second-order valence-electron chi connectivity index (χ2n) is 7.67. The van der Waals surface area contributed by atoms with Crippen LogP contribution in [0.1, 0.15) is 33.6 Å². The highest BCUT2D eigenvalue weighted by Gasteiger charge is 2.23. The first-order valence-electron chi connectivity index (χ1n) is 10.5. The number of nitrogens with one attached hydrogen (secondary N) is 2. The number of carbonyl (C=O) groups is 1. The summed E-state index contributed by atoms with van der Waals surface area (Å²) >= 11 is 0. The first-order chi connectivity index (χ1) is 13.5. The van der Waals surface area contributed by atoms with Crippen molar-refractivity contribution in [2.75, 3.05) is 38.0 Å². The lowest BCUT2D eigenvalue weighted by Gasteiger charge is -2.38. The van der Waals surface area contributed by atoms with Gasteiger partial charge >= 0.3 is 0 Å². The topological polar surface area (TPSA) is 41.1 Å². The van der Waals surface area contributed by atoms with E-state index in [-0.39, 0.29) is 24.4 Å². The fourth-order valence-corrected chi connectivity index (χ4v) is 3.76. The SMILES string of the molecule is C=CC(=O)NC(C)CC[N+](CC)(CC)CCCNc1ccc2ccccc2c1.[Cl-]. The highest BCUT2D eigenvalue weighted by atomic mass is 35.5. The third kappa shape index (κ3) is 7.71. The van der Waals surface area contributed by atoms with Gasteiger partial charge in [-0.1, -0.05) is 36.9 Å². The van der Waals surface area contributed by atoms with Crippen LogP contribution < -0.4 is 23.0 Å². The number of amides is 1. The van der Waals surface area contributed by atoms with E-state index in [1.54, 1.807) is 0 Å². The first-order valence-corrected chi connectivity index (χ1v) is 10.5. The molecule has 2 N–H and O–H groups in total. The van der Waals surface area contributed by atoms with Crippen LogP contribution in [-0.2, 0) is 4.79 Å².